The molecule has 0 aromatic rings. The number of rotatable bonds is 6. The van der Waals surface area contributed by atoms with E-state index in [1.54, 1.807) is 0 Å². The summed E-state index contributed by atoms with van der Waals surface area (Å²) in [5, 5.41) is 2.48. The number of dihydropyridines is 1. The SMILES string of the molecule is CCCOC(=O)C1=C(C)NC(CF)=C(C(=O)OC)C1C(Cl)=C(Cl)Cl. The molecule has 1 rings (SSSR count). The Hall–Kier alpha value is -1.24. The van der Waals surface area contributed by atoms with E-state index >= 15 is 0 Å². The van der Waals surface area contributed by atoms with Gasteiger partial charge in [-0.05, 0) is 13.3 Å². The first-order valence-corrected chi connectivity index (χ1v) is 8.16. The monoisotopic (exact) mass is 399 g/mol. The van der Waals surface area contributed by atoms with Crippen LogP contribution in [0.3, 0.4) is 0 Å². The molecular formula is C15H17Cl3FNO4. The number of esters is 2. The average Bonchev–Trinajstić information content (AvgIpc) is 2.56. The third-order valence-corrected chi connectivity index (χ3v) is 4.28. The Morgan fingerprint density at radius 1 is 1.21 bits per heavy atom. The minimum absolute atomic E-state index is 0.0184. The van der Waals surface area contributed by atoms with Gasteiger partial charge in [0, 0.05) is 5.70 Å². The number of hydrogen-bond acceptors (Lipinski definition) is 5. The molecule has 0 aromatic carbocycles. The normalized spacial score (nSPS) is 17.4. The van der Waals surface area contributed by atoms with Crippen molar-refractivity contribution < 1.29 is 23.5 Å². The summed E-state index contributed by atoms with van der Waals surface area (Å²) in [4.78, 5) is 24.5. The lowest BCUT2D eigenvalue weighted by Crippen LogP contribution is -2.35. The highest BCUT2D eigenvalue weighted by molar-refractivity contribution is 6.59. The van der Waals surface area contributed by atoms with Crippen molar-refractivity contribution >= 4 is 46.7 Å². The Morgan fingerprint density at radius 3 is 2.29 bits per heavy atom. The van der Waals surface area contributed by atoms with Crippen molar-refractivity contribution in [2.24, 2.45) is 5.92 Å². The van der Waals surface area contributed by atoms with Crippen LogP contribution in [-0.4, -0.2) is 32.3 Å². The lowest BCUT2D eigenvalue weighted by Gasteiger charge is -2.30. The van der Waals surface area contributed by atoms with E-state index < -0.39 is 24.5 Å². The third kappa shape index (κ3) is 4.43. The molecule has 0 aliphatic carbocycles. The molecule has 5 nitrogen and oxygen atoms in total. The molecule has 1 N–H and O–H groups in total. The van der Waals surface area contributed by atoms with Crippen LogP contribution in [0.2, 0.25) is 0 Å². The molecule has 0 aromatic heterocycles. The van der Waals surface area contributed by atoms with Gasteiger partial charge in [0.25, 0.3) is 0 Å². The maximum atomic E-state index is 13.4. The van der Waals surface area contributed by atoms with Crippen LogP contribution >= 0.6 is 34.8 Å². The second-order valence-electron chi connectivity index (χ2n) is 4.86. The van der Waals surface area contributed by atoms with E-state index in [0.717, 1.165) is 7.11 Å². The first kappa shape index (κ1) is 20.8. The van der Waals surface area contributed by atoms with Crippen molar-refractivity contribution in [1.29, 1.82) is 0 Å². The largest absolute Gasteiger partial charge is 0.466 e. The summed E-state index contributed by atoms with van der Waals surface area (Å²) >= 11 is 17.6. The number of ether oxygens (including phenoxy) is 2. The van der Waals surface area contributed by atoms with Crippen LogP contribution in [0, 0.1) is 5.92 Å². The highest BCUT2D eigenvalue weighted by Crippen LogP contribution is 2.41. The molecule has 0 amide bonds. The van der Waals surface area contributed by atoms with Gasteiger partial charge in [0.1, 0.15) is 11.2 Å². The van der Waals surface area contributed by atoms with Crippen molar-refractivity contribution in [2.75, 3.05) is 20.4 Å². The molecule has 1 unspecified atom stereocenters. The molecule has 9 heteroatoms. The number of methoxy groups -OCH3 is 1. The molecule has 1 atom stereocenters. The van der Waals surface area contributed by atoms with Crippen LogP contribution in [0.25, 0.3) is 0 Å². The van der Waals surface area contributed by atoms with Crippen molar-refractivity contribution in [3.63, 3.8) is 0 Å². The standard InChI is InChI=1S/C15H17Cl3FNO4/c1-4-5-24-15(22)9-7(2)20-8(6-19)10(14(21)23-3)11(9)12(16)13(17)18/h11,20H,4-6H2,1-3H3. The van der Waals surface area contributed by atoms with Gasteiger partial charge in [-0.3, -0.25) is 0 Å². The van der Waals surface area contributed by atoms with Gasteiger partial charge in [0.15, 0.2) is 0 Å². The predicted octanol–water partition coefficient (Wildman–Crippen LogP) is 3.72. The van der Waals surface area contributed by atoms with Gasteiger partial charge in [-0.15, -0.1) is 0 Å². The quantitative estimate of drug-likeness (QED) is 0.689. The summed E-state index contributed by atoms with van der Waals surface area (Å²) in [6.45, 7) is 2.53. The molecular weight excluding hydrogens is 384 g/mol. The van der Waals surface area contributed by atoms with Crippen molar-refractivity contribution in [1.82, 2.24) is 5.32 Å². The highest BCUT2D eigenvalue weighted by atomic mass is 35.5. The number of carbonyl (C=O) groups is 2. The van der Waals surface area contributed by atoms with Crippen LogP contribution in [-0.2, 0) is 19.1 Å². The maximum absolute atomic E-state index is 13.4. The van der Waals surface area contributed by atoms with E-state index in [9.17, 15) is 14.0 Å². The van der Waals surface area contributed by atoms with Crippen LogP contribution in [0.1, 0.15) is 20.3 Å². The molecule has 1 heterocycles. The number of carbonyl (C=O) groups excluding carboxylic acids is 2. The number of allylic oxidation sites excluding steroid dienone is 3. The summed E-state index contributed by atoms with van der Waals surface area (Å²) in [5.41, 5.74) is 0.0426. The van der Waals surface area contributed by atoms with Gasteiger partial charge >= 0.3 is 11.9 Å². The summed E-state index contributed by atoms with van der Waals surface area (Å²) in [7, 11) is 1.13. The fourth-order valence-electron chi connectivity index (χ4n) is 2.26. The second-order valence-corrected chi connectivity index (χ2v) is 6.21. The van der Waals surface area contributed by atoms with Gasteiger partial charge in [-0.2, -0.15) is 0 Å². The van der Waals surface area contributed by atoms with E-state index in [0.29, 0.717) is 6.42 Å². The van der Waals surface area contributed by atoms with Crippen LogP contribution in [0.5, 0.6) is 0 Å². The predicted molar refractivity (Wildman–Crippen MR) is 90.2 cm³/mol. The molecule has 0 radical (unpaired) electrons. The minimum atomic E-state index is -1.18. The summed E-state index contributed by atoms with van der Waals surface area (Å²) in [6.07, 6.45) is 0.603. The summed E-state index contributed by atoms with van der Waals surface area (Å²) in [5.74, 6) is -2.75. The lowest BCUT2D eigenvalue weighted by atomic mass is 9.85. The molecule has 0 fully saturated rings. The molecule has 0 saturated carbocycles. The Labute approximate surface area is 154 Å². The number of alkyl halides is 1. The molecule has 24 heavy (non-hydrogen) atoms. The third-order valence-electron chi connectivity index (χ3n) is 3.27. The van der Waals surface area contributed by atoms with Gasteiger partial charge < -0.3 is 14.8 Å². The van der Waals surface area contributed by atoms with E-state index in [2.05, 4.69) is 10.1 Å². The van der Waals surface area contributed by atoms with Gasteiger partial charge in [0.2, 0.25) is 0 Å². The Balaban J connectivity index is 3.54. The van der Waals surface area contributed by atoms with E-state index in [4.69, 9.17) is 39.5 Å². The van der Waals surface area contributed by atoms with Crippen molar-refractivity contribution in [2.45, 2.75) is 20.3 Å². The first-order valence-electron chi connectivity index (χ1n) is 7.02. The fraction of sp³-hybridized carbons (Fsp3) is 0.467. The van der Waals surface area contributed by atoms with Gasteiger partial charge in [0.05, 0.1) is 41.5 Å². The van der Waals surface area contributed by atoms with Crippen LogP contribution in [0.15, 0.2) is 32.1 Å². The molecule has 0 spiro atoms. The molecule has 1 aliphatic heterocycles. The maximum Gasteiger partial charge on any atom is 0.336 e. The summed E-state index contributed by atoms with van der Waals surface area (Å²) in [6, 6.07) is 0. The topological polar surface area (TPSA) is 64.6 Å². The zero-order chi connectivity index (χ0) is 18.4. The minimum Gasteiger partial charge on any atom is -0.466 e. The molecule has 0 saturated heterocycles. The van der Waals surface area contributed by atoms with Gasteiger partial charge in [-0.1, -0.05) is 41.7 Å². The number of hydrogen-bond donors (Lipinski definition) is 1. The second kappa shape index (κ2) is 9.30. The van der Waals surface area contributed by atoms with E-state index in [1.807, 2.05) is 6.92 Å². The van der Waals surface area contributed by atoms with Crippen molar-refractivity contribution in [3.8, 4) is 0 Å². The number of nitrogens with one attached hydrogen (secondary N) is 1. The summed E-state index contributed by atoms with van der Waals surface area (Å²) < 4.78 is 22.8. The Bertz CT molecular complexity index is 624. The lowest BCUT2D eigenvalue weighted by molar-refractivity contribution is -0.139. The zero-order valence-corrected chi connectivity index (χ0v) is 15.6. The van der Waals surface area contributed by atoms with Gasteiger partial charge in [-0.25, -0.2) is 14.0 Å². The molecule has 0 bridgehead atoms. The average molecular weight is 401 g/mol. The fourth-order valence-corrected chi connectivity index (χ4v) is 2.69. The van der Waals surface area contributed by atoms with Crippen molar-refractivity contribution in [3.05, 3.63) is 32.1 Å². The smallest absolute Gasteiger partial charge is 0.336 e. The highest BCUT2D eigenvalue weighted by Gasteiger charge is 2.40. The van der Waals surface area contributed by atoms with E-state index in [1.165, 1.54) is 6.92 Å². The van der Waals surface area contributed by atoms with E-state index in [-0.39, 0.29) is 38.7 Å². The van der Waals surface area contributed by atoms with Crippen LogP contribution < -0.4 is 5.32 Å². The molecule has 1 aliphatic rings. The first-order chi connectivity index (χ1) is 11.3. The Morgan fingerprint density at radius 2 is 1.83 bits per heavy atom. The van der Waals surface area contributed by atoms with Crippen LogP contribution in [0.4, 0.5) is 4.39 Å². The Kier molecular flexibility index (Phi) is 8.06. The zero-order valence-electron chi connectivity index (χ0n) is 13.3. The molecule has 134 valence electrons. The number of halogens is 4.